The minimum Gasteiger partial charge on any atom is -0.768 e. The van der Waals surface area contributed by atoms with E-state index in [4.69, 9.17) is 23.2 Å². The van der Waals surface area contributed by atoms with Crippen LogP contribution in [0.4, 0.5) is 17.1 Å². The molecule has 1 aliphatic heterocycles. The number of nitro benzene ring substituents is 2. The second-order valence-corrected chi connectivity index (χ2v) is 16.9. The number of nitro groups is 2. The number of rotatable bonds is 7. The van der Waals surface area contributed by atoms with Crippen LogP contribution in [0.5, 0.6) is 0 Å². The molecule has 54 heavy (non-hydrogen) atoms. The van der Waals surface area contributed by atoms with E-state index in [0.717, 1.165) is 74.8 Å². The van der Waals surface area contributed by atoms with Crippen LogP contribution >= 0.6 is 23.2 Å². The Bertz CT molecular complexity index is 2090. The van der Waals surface area contributed by atoms with Crippen molar-refractivity contribution in [3.63, 3.8) is 0 Å². The summed E-state index contributed by atoms with van der Waals surface area (Å²) in [4.78, 5) is 24.3. The van der Waals surface area contributed by atoms with Gasteiger partial charge in [0.2, 0.25) is 9.84 Å². The number of halogens is 2. The normalized spacial score (nSPS) is 15.0. The van der Waals surface area contributed by atoms with Gasteiger partial charge in [0.25, 0.3) is 11.4 Å². The summed E-state index contributed by atoms with van der Waals surface area (Å²) in [6.45, 7) is 7.34. The number of piperidine rings is 1. The molecule has 4 aromatic carbocycles. The van der Waals surface area contributed by atoms with E-state index in [1.165, 1.54) is 48.9 Å². The second-order valence-electron chi connectivity index (χ2n) is 13.2. The van der Waals surface area contributed by atoms with Crippen LogP contribution in [-0.2, 0) is 20.9 Å². The van der Waals surface area contributed by atoms with Gasteiger partial charge in [0.1, 0.15) is 5.69 Å². The molecule has 2 fully saturated rings. The fraction of sp³-hybridized carbons (Fsp3) is 0.368. The van der Waals surface area contributed by atoms with Crippen LogP contribution in [0, 0.1) is 41.0 Å². The van der Waals surface area contributed by atoms with Crippen molar-refractivity contribution in [2.45, 2.75) is 92.7 Å². The Morgan fingerprint density at radius 3 is 1.78 bits per heavy atom. The van der Waals surface area contributed by atoms with E-state index in [-0.39, 0.29) is 66.5 Å². The summed E-state index contributed by atoms with van der Waals surface area (Å²) >= 11 is 9.52. The van der Waals surface area contributed by atoms with Crippen LogP contribution in [0.1, 0.15) is 79.5 Å². The number of sulfone groups is 1. The summed E-state index contributed by atoms with van der Waals surface area (Å²) in [7, 11) is -3.76. The van der Waals surface area contributed by atoms with Gasteiger partial charge in [0, 0.05) is 45.7 Å². The number of anilines is 1. The molecule has 4 aromatic rings. The van der Waals surface area contributed by atoms with Crippen molar-refractivity contribution in [2.24, 2.45) is 0 Å². The standard InChI is InChI=1S/C19H20ClNO4S.C12H16N2O2.C7H7ClO2S.Na/c1-13-11-15(7-9-18(13)20)26(24,25)16-8-10-19(21(22)23)17(12-16)14-5-3-2-4-6-14;1-10-5-6-11(14(15)16)12(9-10)13-7-3-2-4-8-13;1-5-4-6(11(9)10)2-3-7(5)8;/h7-12,14H,2-6H2,1H3;5-6,9H,2-4,7-8H2,1H3;2-4H,1H3,(H,9,10);/q;;;+1/p-1. The predicted octanol–water partition coefficient (Wildman–Crippen LogP) is 7.22. The maximum absolute atomic E-state index is 13.0. The smallest absolute Gasteiger partial charge is 0.768 e. The van der Waals surface area contributed by atoms with Crippen molar-refractivity contribution < 1.29 is 56.6 Å². The first-order valence-corrected chi connectivity index (χ1v) is 20.6. The molecule has 1 saturated heterocycles. The van der Waals surface area contributed by atoms with E-state index >= 15 is 0 Å². The van der Waals surface area contributed by atoms with E-state index in [2.05, 4.69) is 4.90 Å². The fourth-order valence-corrected chi connectivity index (χ4v) is 8.49. The van der Waals surface area contributed by atoms with Gasteiger partial charge in [-0.3, -0.25) is 24.4 Å². The largest absolute Gasteiger partial charge is 1.00 e. The second kappa shape index (κ2) is 20.9. The SMILES string of the molecule is Cc1cc(S(=O)(=O)c2ccc([N+](=O)[O-])c(C3CCCCC3)c2)ccc1Cl.Cc1cc(S(=O)[O-])ccc1Cl.Cc1ccc([N+](=O)[O-])c(N2CCCCC2)c1.[Na+]. The van der Waals surface area contributed by atoms with Crippen molar-refractivity contribution >= 4 is 61.2 Å². The molecule has 0 spiro atoms. The average molecular weight is 827 g/mol. The quantitative estimate of drug-likeness (QED) is 0.0810. The molecule has 6 rings (SSSR count). The Kier molecular flexibility index (Phi) is 17.6. The maximum Gasteiger partial charge on any atom is 1.00 e. The monoisotopic (exact) mass is 825 g/mol. The van der Waals surface area contributed by atoms with Crippen LogP contribution < -0.4 is 34.5 Å². The first kappa shape index (κ1) is 45.5. The van der Waals surface area contributed by atoms with E-state index in [1.807, 2.05) is 13.0 Å². The predicted molar refractivity (Wildman–Crippen MR) is 208 cm³/mol. The molecule has 0 bridgehead atoms. The van der Waals surface area contributed by atoms with Crippen molar-refractivity contribution in [2.75, 3.05) is 18.0 Å². The third-order valence-corrected chi connectivity index (χ3v) is 12.6. The van der Waals surface area contributed by atoms with Crippen molar-refractivity contribution in [1.29, 1.82) is 0 Å². The first-order valence-electron chi connectivity index (χ1n) is 17.2. The molecule has 1 heterocycles. The molecule has 11 nitrogen and oxygen atoms in total. The summed E-state index contributed by atoms with van der Waals surface area (Å²) in [5.41, 5.74) is 4.06. The zero-order valence-corrected chi connectivity index (χ0v) is 35.9. The van der Waals surface area contributed by atoms with Gasteiger partial charge in [-0.05, 0) is 141 Å². The molecule has 2 aliphatic rings. The molecule has 0 radical (unpaired) electrons. The molecular formula is C38H42Cl2N3NaO8S2. The summed E-state index contributed by atoms with van der Waals surface area (Å²) in [6, 6.07) is 18.6. The fourth-order valence-electron chi connectivity index (χ4n) is 6.42. The van der Waals surface area contributed by atoms with Crippen LogP contribution in [0.25, 0.3) is 0 Å². The van der Waals surface area contributed by atoms with Gasteiger partial charge in [-0.25, -0.2) is 8.42 Å². The van der Waals surface area contributed by atoms with Crippen LogP contribution in [-0.4, -0.2) is 40.1 Å². The Morgan fingerprint density at radius 2 is 1.22 bits per heavy atom. The molecule has 1 atom stereocenters. The average Bonchev–Trinajstić information content (AvgIpc) is 3.14. The molecule has 0 aromatic heterocycles. The Balaban J connectivity index is 0.000000238. The van der Waals surface area contributed by atoms with Gasteiger partial charge >= 0.3 is 29.6 Å². The summed E-state index contributed by atoms with van der Waals surface area (Å²) in [5.74, 6) is 0.0336. The summed E-state index contributed by atoms with van der Waals surface area (Å²) in [5, 5.41) is 23.5. The Labute approximate surface area is 351 Å². The molecule has 1 saturated carbocycles. The third kappa shape index (κ3) is 12.1. The Hall–Kier alpha value is -2.88. The minimum atomic E-state index is -3.76. The molecule has 16 heteroatoms. The van der Waals surface area contributed by atoms with Gasteiger partial charge in [-0.1, -0.05) is 48.5 Å². The zero-order valence-electron chi connectivity index (χ0n) is 30.8. The number of aryl methyl sites for hydroxylation is 3. The maximum atomic E-state index is 13.0. The van der Waals surface area contributed by atoms with Gasteiger partial charge in [0.05, 0.1) is 19.6 Å². The molecular weight excluding hydrogens is 784 g/mol. The van der Waals surface area contributed by atoms with Crippen LogP contribution in [0.3, 0.4) is 0 Å². The van der Waals surface area contributed by atoms with Gasteiger partial charge in [-0.15, -0.1) is 0 Å². The molecule has 0 amide bonds. The molecule has 1 aliphatic carbocycles. The van der Waals surface area contributed by atoms with Crippen molar-refractivity contribution in [1.82, 2.24) is 0 Å². The van der Waals surface area contributed by atoms with Crippen LogP contribution in [0.15, 0.2) is 87.5 Å². The van der Waals surface area contributed by atoms with Crippen LogP contribution in [0.2, 0.25) is 10.0 Å². The van der Waals surface area contributed by atoms with E-state index < -0.39 is 25.8 Å². The van der Waals surface area contributed by atoms with Gasteiger partial charge in [0.15, 0.2) is 0 Å². The third-order valence-electron chi connectivity index (χ3n) is 9.34. The number of hydrogen-bond acceptors (Lipinski definition) is 9. The summed E-state index contributed by atoms with van der Waals surface area (Å²) in [6.07, 6.45) is 8.33. The molecule has 284 valence electrons. The molecule has 1 unspecified atom stereocenters. The van der Waals surface area contributed by atoms with Crippen molar-refractivity contribution in [3.8, 4) is 0 Å². The van der Waals surface area contributed by atoms with Gasteiger partial charge in [-0.2, -0.15) is 0 Å². The Morgan fingerprint density at radius 1 is 0.704 bits per heavy atom. The van der Waals surface area contributed by atoms with E-state index in [0.29, 0.717) is 21.2 Å². The number of nitrogens with zero attached hydrogens (tertiary/aromatic N) is 3. The van der Waals surface area contributed by atoms with E-state index in [9.17, 15) is 37.4 Å². The zero-order chi connectivity index (χ0) is 38.9. The molecule has 0 N–H and O–H groups in total. The van der Waals surface area contributed by atoms with Crippen molar-refractivity contribution in [3.05, 3.63) is 125 Å². The minimum absolute atomic E-state index is 0. The van der Waals surface area contributed by atoms with Gasteiger partial charge < -0.3 is 9.45 Å². The first-order chi connectivity index (χ1) is 25.1. The topological polar surface area (TPSA) is 164 Å². The van der Waals surface area contributed by atoms with E-state index in [1.54, 1.807) is 38.1 Å². The summed E-state index contributed by atoms with van der Waals surface area (Å²) < 4.78 is 46.8. The number of benzene rings is 4. The number of hydrogen-bond donors (Lipinski definition) is 0.